The number of nitrogens with zero attached hydrogens (tertiary/aromatic N) is 1. The molecular weight excluding hydrogens is 358 g/mol. The van der Waals surface area contributed by atoms with E-state index in [0.29, 0.717) is 12.2 Å². The Balaban J connectivity index is 1.94. The molecule has 2 rings (SSSR count). The second-order valence-corrected chi connectivity index (χ2v) is 8.81. The lowest BCUT2D eigenvalue weighted by molar-refractivity contribution is -0.114. The molecule has 1 saturated heterocycles. The summed E-state index contributed by atoms with van der Waals surface area (Å²) in [5.74, 6) is -0.223. The molecule has 0 aliphatic carbocycles. The third-order valence-corrected chi connectivity index (χ3v) is 6.44. The zero-order valence-electron chi connectivity index (χ0n) is 14.9. The number of hydrogen-bond donors (Lipinski definition) is 2. The molecule has 0 bridgehead atoms. The van der Waals surface area contributed by atoms with Crippen LogP contribution in [0.5, 0.6) is 0 Å². The number of nitrogens with one attached hydrogen (secondary N) is 2. The molecule has 1 aliphatic heterocycles. The number of likely N-dealkylation sites (tertiary alicyclic amines) is 1. The first-order chi connectivity index (χ1) is 11.9. The van der Waals surface area contributed by atoms with Gasteiger partial charge in [-0.05, 0) is 63.4 Å². The van der Waals surface area contributed by atoms with Gasteiger partial charge in [0.1, 0.15) is 0 Å². The molecule has 140 valence electrons. The van der Waals surface area contributed by atoms with Crippen molar-refractivity contribution in [2.75, 3.05) is 37.8 Å². The molecule has 1 heterocycles. The summed E-state index contributed by atoms with van der Waals surface area (Å²) in [7, 11) is -3.58. The van der Waals surface area contributed by atoms with E-state index in [1.54, 1.807) is 12.1 Å². The van der Waals surface area contributed by atoms with Gasteiger partial charge >= 0.3 is 0 Å². The van der Waals surface area contributed by atoms with Crippen LogP contribution in [0.1, 0.15) is 32.6 Å². The number of thioether (sulfide) groups is 1. The highest BCUT2D eigenvalue weighted by Gasteiger charge is 2.16. The lowest BCUT2D eigenvalue weighted by atomic mass is 10.1. The first kappa shape index (κ1) is 20.2. The molecule has 1 aliphatic rings. The first-order valence-electron chi connectivity index (χ1n) is 8.60. The van der Waals surface area contributed by atoms with E-state index in [9.17, 15) is 13.2 Å². The van der Waals surface area contributed by atoms with Gasteiger partial charge in [-0.25, -0.2) is 13.1 Å². The lowest BCUT2D eigenvalue weighted by Gasteiger charge is -2.26. The highest BCUT2D eigenvalue weighted by atomic mass is 32.2. The molecule has 6 nitrogen and oxygen atoms in total. The van der Waals surface area contributed by atoms with Crippen molar-refractivity contribution in [3.05, 3.63) is 18.2 Å². The van der Waals surface area contributed by atoms with Gasteiger partial charge in [0.25, 0.3) is 0 Å². The monoisotopic (exact) mass is 385 g/mol. The highest BCUT2D eigenvalue weighted by molar-refractivity contribution is 7.98. The van der Waals surface area contributed by atoms with Crippen LogP contribution in [-0.2, 0) is 14.8 Å². The van der Waals surface area contributed by atoms with Crippen molar-refractivity contribution in [1.82, 2.24) is 9.62 Å². The topological polar surface area (TPSA) is 78.5 Å². The van der Waals surface area contributed by atoms with Crippen molar-refractivity contribution >= 4 is 33.4 Å². The number of piperidine rings is 1. The van der Waals surface area contributed by atoms with E-state index in [2.05, 4.69) is 14.9 Å². The minimum absolute atomic E-state index is 0.173. The predicted octanol–water partition coefficient (Wildman–Crippen LogP) is 2.52. The minimum Gasteiger partial charge on any atom is -0.325 e. The Kier molecular flexibility index (Phi) is 7.74. The molecule has 0 spiro atoms. The summed E-state index contributed by atoms with van der Waals surface area (Å²) in [5.41, 5.74) is 0.524. The van der Waals surface area contributed by atoms with E-state index in [0.717, 1.165) is 31.0 Å². The van der Waals surface area contributed by atoms with Gasteiger partial charge in [0, 0.05) is 18.4 Å². The Morgan fingerprint density at radius 3 is 2.60 bits per heavy atom. The van der Waals surface area contributed by atoms with E-state index in [4.69, 9.17) is 0 Å². The number of rotatable bonds is 8. The van der Waals surface area contributed by atoms with Crippen LogP contribution < -0.4 is 10.0 Å². The fraction of sp³-hybridized carbons (Fsp3) is 0.588. The van der Waals surface area contributed by atoms with Crippen molar-refractivity contribution in [3.8, 4) is 0 Å². The van der Waals surface area contributed by atoms with Crippen molar-refractivity contribution in [2.45, 2.75) is 42.4 Å². The maximum atomic E-state index is 12.5. The maximum absolute atomic E-state index is 12.5. The van der Waals surface area contributed by atoms with Crippen LogP contribution in [0.2, 0.25) is 0 Å². The summed E-state index contributed by atoms with van der Waals surface area (Å²) in [4.78, 5) is 14.7. The summed E-state index contributed by atoms with van der Waals surface area (Å²) >= 11 is 1.46. The molecular formula is C17H27N3O3S2. The fourth-order valence-electron chi connectivity index (χ4n) is 2.92. The molecule has 1 fully saturated rings. The largest absolute Gasteiger partial charge is 0.325 e. The zero-order valence-corrected chi connectivity index (χ0v) is 16.5. The molecule has 25 heavy (non-hydrogen) atoms. The van der Waals surface area contributed by atoms with Crippen molar-refractivity contribution in [2.24, 2.45) is 0 Å². The molecule has 1 aromatic carbocycles. The van der Waals surface area contributed by atoms with Crippen LogP contribution in [0.15, 0.2) is 28.0 Å². The van der Waals surface area contributed by atoms with Gasteiger partial charge in [-0.3, -0.25) is 4.79 Å². The second-order valence-electron chi connectivity index (χ2n) is 6.20. The molecule has 0 radical (unpaired) electrons. The predicted molar refractivity (Wildman–Crippen MR) is 103 cm³/mol. The molecule has 0 unspecified atom stereocenters. The summed E-state index contributed by atoms with van der Waals surface area (Å²) in [6, 6.07) is 4.81. The Bertz CT molecular complexity index is 686. The third-order valence-electron chi connectivity index (χ3n) is 4.18. The number of carbonyl (C=O) groups excluding carboxylic acids is 1. The normalized spacial score (nSPS) is 15.9. The molecule has 0 saturated carbocycles. The lowest BCUT2D eigenvalue weighted by Crippen LogP contribution is -2.33. The molecule has 0 aromatic heterocycles. The fourth-order valence-corrected chi connectivity index (χ4v) is 4.55. The van der Waals surface area contributed by atoms with Gasteiger partial charge in [0.15, 0.2) is 0 Å². The number of benzene rings is 1. The molecule has 1 aromatic rings. The average Bonchev–Trinajstić information content (AvgIpc) is 2.59. The van der Waals surface area contributed by atoms with Gasteiger partial charge in [0.2, 0.25) is 15.9 Å². The van der Waals surface area contributed by atoms with Crippen molar-refractivity contribution in [1.29, 1.82) is 0 Å². The van der Waals surface area contributed by atoms with Gasteiger partial charge in [0.05, 0.1) is 10.6 Å². The number of carbonyl (C=O) groups is 1. The number of sulfonamides is 1. The highest BCUT2D eigenvalue weighted by Crippen LogP contribution is 2.28. The second kappa shape index (κ2) is 9.56. The van der Waals surface area contributed by atoms with Crippen LogP contribution in [0.25, 0.3) is 0 Å². The third kappa shape index (κ3) is 6.29. The minimum atomic E-state index is -3.58. The van der Waals surface area contributed by atoms with Crippen LogP contribution >= 0.6 is 11.8 Å². The smallest absolute Gasteiger partial charge is 0.240 e. The van der Waals surface area contributed by atoms with Gasteiger partial charge < -0.3 is 10.2 Å². The summed E-state index contributed by atoms with van der Waals surface area (Å²) in [5, 5.41) is 2.69. The molecule has 1 amide bonds. The van der Waals surface area contributed by atoms with Gasteiger partial charge in [-0.15, -0.1) is 11.8 Å². The van der Waals surface area contributed by atoms with Crippen molar-refractivity contribution < 1.29 is 13.2 Å². The zero-order chi connectivity index (χ0) is 18.3. The number of hydrogen-bond acceptors (Lipinski definition) is 5. The molecule has 2 N–H and O–H groups in total. The Labute approximate surface area is 154 Å². The Morgan fingerprint density at radius 2 is 1.96 bits per heavy atom. The van der Waals surface area contributed by atoms with Crippen LogP contribution in [0.4, 0.5) is 5.69 Å². The van der Waals surface area contributed by atoms with Crippen LogP contribution in [0, 0.1) is 0 Å². The van der Waals surface area contributed by atoms with Crippen LogP contribution in [-0.4, -0.2) is 51.7 Å². The quantitative estimate of drug-likeness (QED) is 0.531. The SMILES string of the molecule is CSc1ccc(S(=O)(=O)NCCCN2CCCCC2)cc1NC(C)=O. The first-order valence-corrected chi connectivity index (χ1v) is 11.3. The van der Waals surface area contributed by atoms with Gasteiger partial charge in [-0.1, -0.05) is 6.42 Å². The van der Waals surface area contributed by atoms with E-state index < -0.39 is 10.0 Å². The number of amides is 1. The molecule has 0 atom stereocenters. The average molecular weight is 386 g/mol. The van der Waals surface area contributed by atoms with E-state index in [-0.39, 0.29) is 10.8 Å². The summed E-state index contributed by atoms with van der Waals surface area (Å²) in [6.45, 7) is 4.97. The Morgan fingerprint density at radius 1 is 1.24 bits per heavy atom. The summed E-state index contributed by atoms with van der Waals surface area (Å²) < 4.78 is 27.6. The number of anilines is 1. The van der Waals surface area contributed by atoms with Crippen molar-refractivity contribution in [3.63, 3.8) is 0 Å². The van der Waals surface area contributed by atoms with E-state index >= 15 is 0 Å². The molecule has 8 heteroatoms. The summed E-state index contributed by atoms with van der Waals surface area (Å²) in [6.07, 6.45) is 6.44. The van der Waals surface area contributed by atoms with Gasteiger partial charge in [-0.2, -0.15) is 0 Å². The van der Waals surface area contributed by atoms with Crippen LogP contribution in [0.3, 0.4) is 0 Å². The standard InChI is InChI=1S/C17H27N3O3S2/c1-14(21)19-16-13-15(7-8-17(16)24-2)25(22,23)18-9-6-12-20-10-4-3-5-11-20/h7-8,13,18H,3-6,9-12H2,1-2H3,(H,19,21). The van der Waals surface area contributed by atoms with E-state index in [1.807, 2.05) is 6.26 Å². The van der Waals surface area contributed by atoms with E-state index in [1.165, 1.54) is 44.0 Å². The Hall–Kier alpha value is -1.09. The maximum Gasteiger partial charge on any atom is 0.240 e.